The van der Waals surface area contributed by atoms with Crippen LogP contribution in [0.1, 0.15) is 20.8 Å². The number of ether oxygens (including phenoxy) is 1. The number of hydrogen-bond donors (Lipinski definition) is 1. The summed E-state index contributed by atoms with van der Waals surface area (Å²) in [5.74, 6) is 0.962. The molecule has 0 saturated carbocycles. The average molecular weight is 467 g/mol. The molecular weight excluding hydrogens is 447 g/mol. The second-order valence-electron chi connectivity index (χ2n) is 6.42. The van der Waals surface area contributed by atoms with E-state index in [1.807, 2.05) is 42.5 Å². The molecule has 5 nitrogen and oxygen atoms in total. The maximum Gasteiger partial charge on any atom is 1.00 e. The summed E-state index contributed by atoms with van der Waals surface area (Å²) in [4.78, 5) is 3.31. The summed E-state index contributed by atoms with van der Waals surface area (Å²) in [6.45, 7) is 6.42. The van der Waals surface area contributed by atoms with Crippen molar-refractivity contribution in [3.63, 3.8) is 0 Å². The van der Waals surface area contributed by atoms with Crippen molar-refractivity contribution in [1.29, 1.82) is 0 Å². The molecule has 0 spiro atoms. The van der Waals surface area contributed by atoms with Crippen LogP contribution < -0.4 is 4.99 Å². The first-order chi connectivity index (χ1) is 12.3. The summed E-state index contributed by atoms with van der Waals surface area (Å²) >= 11 is 0. The Morgan fingerprint density at radius 1 is 1.18 bits per heavy atom. The van der Waals surface area contributed by atoms with Gasteiger partial charge in [-0.3, -0.25) is 0 Å². The van der Waals surface area contributed by atoms with Crippen molar-refractivity contribution in [3.05, 3.63) is 66.7 Å². The molecule has 1 aromatic carbocycles. The Morgan fingerprint density at radius 2 is 1.71 bits per heavy atom. The SMILES string of the molecule is CC(C)(C)C1=[NH+]C2=CC=C[CH-]C2O1.O=S(=O)([O-])C(F)(F)F.[Cu+].[c-]1ccccc1. The molecule has 1 heterocycles. The molecule has 1 aliphatic carbocycles. The van der Waals surface area contributed by atoms with Crippen molar-refractivity contribution < 1.29 is 52.9 Å². The largest absolute Gasteiger partial charge is 1.00 e. The number of benzene rings is 1. The maximum absolute atomic E-state index is 10.7. The molecule has 1 atom stereocenters. The van der Waals surface area contributed by atoms with Gasteiger partial charge in [0.1, 0.15) is 6.10 Å². The molecule has 0 fully saturated rings. The maximum atomic E-state index is 10.7. The first-order valence-corrected chi connectivity index (χ1v) is 9.19. The second kappa shape index (κ2) is 10.7. The summed E-state index contributed by atoms with van der Waals surface area (Å²) in [6, 6.07) is 12.5. The molecule has 0 amide bonds. The van der Waals surface area contributed by atoms with E-state index in [2.05, 4.69) is 44.3 Å². The predicted molar refractivity (Wildman–Crippen MR) is 92.9 cm³/mol. The summed E-state index contributed by atoms with van der Waals surface area (Å²) in [5.41, 5.74) is -4.44. The fraction of sp³-hybridized carbons (Fsp3) is 0.333. The van der Waals surface area contributed by atoms with Gasteiger partial charge in [-0.2, -0.15) is 61.0 Å². The van der Waals surface area contributed by atoms with E-state index in [0.717, 1.165) is 11.6 Å². The van der Waals surface area contributed by atoms with Gasteiger partial charge in [0.2, 0.25) is 0 Å². The normalized spacial score (nSPS) is 17.6. The molecule has 0 saturated heterocycles. The third-order valence-corrected chi connectivity index (χ3v) is 3.62. The van der Waals surface area contributed by atoms with E-state index >= 15 is 0 Å². The molecule has 1 unspecified atom stereocenters. The summed E-state index contributed by atoms with van der Waals surface area (Å²) in [5, 5.41) is 0. The molecular formula is C18H20CuF3NO4S-. The Morgan fingerprint density at radius 3 is 2.04 bits per heavy atom. The van der Waals surface area contributed by atoms with Crippen molar-refractivity contribution in [2.45, 2.75) is 32.4 Å². The fourth-order valence-corrected chi connectivity index (χ4v) is 1.73. The van der Waals surface area contributed by atoms with Crippen LogP contribution in [-0.4, -0.2) is 30.5 Å². The van der Waals surface area contributed by atoms with E-state index in [1.54, 1.807) is 0 Å². The number of alkyl halides is 3. The minimum absolute atomic E-state index is 0. The third kappa shape index (κ3) is 8.97. The van der Waals surface area contributed by atoms with Gasteiger partial charge in [0.25, 0.3) is 0 Å². The smallest absolute Gasteiger partial charge is 0.741 e. The Kier molecular flexibility index (Phi) is 10.0. The number of halogens is 3. The van der Waals surface area contributed by atoms with E-state index < -0.39 is 15.6 Å². The van der Waals surface area contributed by atoms with E-state index in [4.69, 9.17) is 17.7 Å². The molecule has 0 aromatic heterocycles. The minimum Gasteiger partial charge on any atom is -0.741 e. The number of nitrogens with one attached hydrogen (secondary N) is 1. The Labute approximate surface area is 173 Å². The van der Waals surface area contributed by atoms with Gasteiger partial charge in [-0.15, -0.1) is 0 Å². The van der Waals surface area contributed by atoms with Crippen molar-refractivity contribution in [1.82, 2.24) is 0 Å². The summed E-state index contributed by atoms with van der Waals surface area (Å²) in [6.07, 6.45) is 8.26. The number of hydrogen-bond acceptors (Lipinski definition) is 4. The van der Waals surface area contributed by atoms with E-state index in [-0.39, 0.29) is 28.6 Å². The van der Waals surface area contributed by atoms with Crippen molar-refractivity contribution in [3.8, 4) is 0 Å². The van der Waals surface area contributed by atoms with E-state index in [0.29, 0.717) is 0 Å². The molecule has 1 N–H and O–H groups in total. The molecule has 3 rings (SSSR count). The van der Waals surface area contributed by atoms with Gasteiger partial charge in [-0.25, -0.2) is 20.6 Å². The molecule has 10 heteroatoms. The average Bonchev–Trinajstić information content (AvgIpc) is 3.00. The van der Waals surface area contributed by atoms with Crippen LogP contribution in [0.5, 0.6) is 0 Å². The van der Waals surface area contributed by atoms with Crippen LogP contribution in [0.25, 0.3) is 0 Å². The van der Waals surface area contributed by atoms with Crippen LogP contribution in [0, 0.1) is 17.9 Å². The van der Waals surface area contributed by atoms with Crippen molar-refractivity contribution >= 4 is 16.0 Å². The second-order valence-corrected chi connectivity index (χ2v) is 7.79. The van der Waals surface area contributed by atoms with Gasteiger partial charge >= 0.3 is 28.5 Å². The third-order valence-electron chi connectivity index (χ3n) is 3.05. The van der Waals surface area contributed by atoms with E-state index in [1.165, 1.54) is 0 Å². The van der Waals surface area contributed by atoms with Gasteiger partial charge in [-0.05, 0) is 20.8 Å². The zero-order chi connectivity index (χ0) is 20.7. The Balaban J connectivity index is 0.000000420. The van der Waals surface area contributed by atoms with Gasteiger partial charge in [0.05, 0.1) is 5.41 Å². The molecule has 28 heavy (non-hydrogen) atoms. The van der Waals surface area contributed by atoms with Crippen LogP contribution in [0.4, 0.5) is 13.2 Å². The Hall–Kier alpha value is -1.74. The first-order valence-electron chi connectivity index (χ1n) is 7.78. The molecule has 0 bridgehead atoms. The zero-order valence-electron chi connectivity index (χ0n) is 15.3. The Bertz CT molecular complexity index is 772. The topological polar surface area (TPSA) is 80.4 Å². The van der Waals surface area contributed by atoms with Gasteiger partial charge in [0, 0.05) is 0 Å². The van der Waals surface area contributed by atoms with Crippen LogP contribution in [0.3, 0.4) is 0 Å². The zero-order valence-corrected chi connectivity index (χ0v) is 17.0. The van der Waals surface area contributed by atoms with E-state index in [9.17, 15) is 13.2 Å². The predicted octanol–water partition coefficient (Wildman–Crippen LogP) is 2.10. The summed E-state index contributed by atoms with van der Waals surface area (Å²) < 4.78 is 64.7. The molecule has 2 aliphatic rings. The minimum atomic E-state index is -6.09. The molecule has 160 valence electrons. The van der Waals surface area contributed by atoms with Crippen LogP contribution in [-0.2, 0) is 31.9 Å². The van der Waals surface area contributed by atoms with Crippen LogP contribution >= 0.6 is 0 Å². The first kappa shape index (κ1) is 26.3. The monoisotopic (exact) mass is 466 g/mol. The number of allylic oxidation sites excluding steroid dienone is 2. The van der Waals surface area contributed by atoms with Gasteiger partial charge < -0.3 is 9.29 Å². The van der Waals surface area contributed by atoms with Gasteiger partial charge in [-0.1, -0.05) is 6.08 Å². The summed E-state index contributed by atoms with van der Waals surface area (Å²) in [7, 11) is -6.09. The van der Waals surface area contributed by atoms with Crippen LogP contribution in [0.2, 0.25) is 0 Å². The molecule has 0 radical (unpaired) electrons. The van der Waals surface area contributed by atoms with Gasteiger partial charge in [0.15, 0.2) is 15.8 Å². The number of fused-ring (bicyclic) bond motifs is 1. The van der Waals surface area contributed by atoms with Crippen molar-refractivity contribution in [2.24, 2.45) is 5.41 Å². The fourth-order valence-electron chi connectivity index (χ4n) is 1.73. The molecule has 1 aromatic rings. The molecule has 1 aliphatic heterocycles. The quantitative estimate of drug-likeness (QED) is 0.275. The standard InChI is InChI=1S/C11H14NO.C6H5.CHF3O3S.Cu/c1-11(2,3)10-12-8-6-4-5-7-9(8)13-10;1-2-4-6-5-3-1;2-1(3,4)8(5,6)7;/h4-7,9H,1-3H3;1-5H;(H,5,6,7);/q2*-1;;+1. The van der Waals surface area contributed by atoms with Crippen LogP contribution in [0.15, 0.2) is 54.3 Å². The van der Waals surface area contributed by atoms with Crippen molar-refractivity contribution in [2.75, 3.05) is 0 Å². The number of rotatable bonds is 0.